The predicted octanol–water partition coefficient (Wildman–Crippen LogP) is 3.58. The van der Waals surface area contributed by atoms with Gasteiger partial charge in [0.2, 0.25) is 0 Å². The Morgan fingerprint density at radius 1 is 0.783 bits per heavy atom. The fourth-order valence-corrected chi connectivity index (χ4v) is 1.94. The lowest BCUT2D eigenvalue weighted by atomic mass is 9.97. The van der Waals surface area contributed by atoms with Gasteiger partial charge in [0.15, 0.2) is 0 Å². The van der Waals surface area contributed by atoms with E-state index in [9.17, 15) is 32.2 Å². The van der Waals surface area contributed by atoms with E-state index in [4.69, 9.17) is 11.5 Å². The largest absolute Gasteiger partial charge is 0.506 e. The first-order valence-corrected chi connectivity index (χ1v) is 6.11. The first-order chi connectivity index (χ1) is 10.4. The molecule has 4 nitrogen and oxygen atoms in total. The molecule has 0 atom stereocenters. The van der Waals surface area contributed by atoms with Gasteiger partial charge in [-0.1, -0.05) is 6.07 Å². The van der Waals surface area contributed by atoms with E-state index in [2.05, 4.69) is 0 Å². The van der Waals surface area contributed by atoms with E-state index in [-0.39, 0.29) is 22.6 Å². The van der Waals surface area contributed by atoms with Gasteiger partial charge in [0.1, 0.15) is 11.5 Å². The van der Waals surface area contributed by atoms with Gasteiger partial charge in [0.05, 0.1) is 16.9 Å². The summed E-state index contributed by atoms with van der Waals surface area (Å²) in [6.45, 7) is 0. The lowest BCUT2D eigenvalue weighted by Crippen LogP contribution is -2.34. The van der Waals surface area contributed by atoms with Crippen LogP contribution in [-0.2, 0) is 5.92 Å². The molecular formula is C14H11F5N2O2. The summed E-state index contributed by atoms with van der Waals surface area (Å²) >= 11 is 0. The average molecular weight is 334 g/mol. The number of rotatable bonds is 2. The van der Waals surface area contributed by atoms with Crippen molar-refractivity contribution in [3.63, 3.8) is 0 Å². The maximum absolute atomic E-state index is 13.6. The van der Waals surface area contributed by atoms with Crippen LogP contribution in [0.25, 0.3) is 11.1 Å². The van der Waals surface area contributed by atoms with Crippen molar-refractivity contribution in [2.24, 2.45) is 0 Å². The number of halogens is 5. The zero-order valence-electron chi connectivity index (χ0n) is 11.3. The quantitative estimate of drug-likeness (QED) is 0.384. The second kappa shape index (κ2) is 5.18. The summed E-state index contributed by atoms with van der Waals surface area (Å²) < 4.78 is 64.7. The highest BCUT2D eigenvalue weighted by molar-refractivity contribution is 5.75. The Balaban J connectivity index is 2.68. The van der Waals surface area contributed by atoms with Crippen LogP contribution in [0.5, 0.6) is 11.5 Å². The van der Waals surface area contributed by atoms with Crippen molar-refractivity contribution >= 4 is 11.4 Å². The van der Waals surface area contributed by atoms with Crippen LogP contribution in [0, 0.1) is 0 Å². The highest BCUT2D eigenvalue weighted by atomic mass is 19.4. The van der Waals surface area contributed by atoms with Crippen molar-refractivity contribution in [1.29, 1.82) is 0 Å². The van der Waals surface area contributed by atoms with Crippen LogP contribution in [0.3, 0.4) is 0 Å². The van der Waals surface area contributed by atoms with Crippen LogP contribution in [-0.4, -0.2) is 16.4 Å². The van der Waals surface area contributed by atoms with E-state index in [0.29, 0.717) is 6.07 Å². The maximum atomic E-state index is 13.6. The van der Waals surface area contributed by atoms with Gasteiger partial charge in [0, 0.05) is 0 Å². The third-order valence-corrected chi connectivity index (χ3v) is 3.22. The zero-order chi connectivity index (χ0) is 17.6. The molecule has 0 aromatic heterocycles. The number of nitrogen functional groups attached to an aromatic ring is 2. The van der Waals surface area contributed by atoms with Crippen LogP contribution in [0.2, 0.25) is 0 Å². The molecule has 0 aliphatic heterocycles. The van der Waals surface area contributed by atoms with Gasteiger partial charge in [-0.25, -0.2) is 0 Å². The van der Waals surface area contributed by atoms with E-state index in [1.165, 1.54) is 12.1 Å². The molecule has 0 amide bonds. The number of nitrogens with two attached hydrogens (primary N) is 2. The number of alkyl halides is 5. The van der Waals surface area contributed by atoms with E-state index < -0.39 is 29.1 Å². The number of phenolic OH excluding ortho intramolecular Hbond substituents is 2. The SMILES string of the molecule is Nc1ccc(-c2cc(O)c(N)c(C(F)(F)C(F)(F)F)c2)cc1O. The van der Waals surface area contributed by atoms with Crippen molar-refractivity contribution < 1.29 is 32.2 Å². The van der Waals surface area contributed by atoms with Crippen LogP contribution < -0.4 is 11.5 Å². The second-order valence-electron chi connectivity index (χ2n) is 4.80. The van der Waals surface area contributed by atoms with Crippen molar-refractivity contribution in [3.8, 4) is 22.6 Å². The Morgan fingerprint density at radius 2 is 1.35 bits per heavy atom. The minimum Gasteiger partial charge on any atom is -0.506 e. The Morgan fingerprint density at radius 3 is 1.87 bits per heavy atom. The fourth-order valence-electron chi connectivity index (χ4n) is 1.94. The smallest absolute Gasteiger partial charge is 0.458 e. The number of benzene rings is 2. The molecular weight excluding hydrogens is 323 g/mol. The Hall–Kier alpha value is -2.71. The normalized spacial score (nSPS) is 12.4. The molecule has 9 heteroatoms. The van der Waals surface area contributed by atoms with E-state index in [1.54, 1.807) is 0 Å². The molecule has 0 spiro atoms. The lowest BCUT2D eigenvalue weighted by Gasteiger charge is -2.22. The number of aromatic hydroxyl groups is 2. The van der Waals surface area contributed by atoms with Gasteiger partial charge in [-0.05, 0) is 35.4 Å². The maximum Gasteiger partial charge on any atom is 0.458 e. The standard InChI is InChI=1S/C14H11F5N2O2/c15-13(16,14(17,18)19)8-3-7(5-11(23)12(8)21)6-1-2-9(20)10(22)4-6/h1-5,22-23H,20-21H2. The van der Waals surface area contributed by atoms with E-state index >= 15 is 0 Å². The first-order valence-electron chi connectivity index (χ1n) is 6.11. The summed E-state index contributed by atoms with van der Waals surface area (Å²) in [6.07, 6.45) is -5.88. The summed E-state index contributed by atoms with van der Waals surface area (Å²) in [5.41, 5.74) is 7.79. The number of hydrogen-bond acceptors (Lipinski definition) is 4. The minimum absolute atomic E-state index is 0.00531. The number of phenols is 2. The molecule has 0 saturated heterocycles. The molecule has 0 radical (unpaired) electrons. The van der Waals surface area contributed by atoms with Gasteiger partial charge in [-0.2, -0.15) is 22.0 Å². The summed E-state index contributed by atoms with van der Waals surface area (Å²) in [6, 6.07) is 5.01. The molecule has 0 unspecified atom stereocenters. The zero-order valence-corrected chi connectivity index (χ0v) is 11.3. The molecule has 6 N–H and O–H groups in total. The lowest BCUT2D eigenvalue weighted by molar-refractivity contribution is -0.289. The minimum atomic E-state index is -5.88. The molecule has 0 saturated carbocycles. The Kier molecular flexibility index (Phi) is 3.75. The highest BCUT2D eigenvalue weighted by Gasteiger charge is 2.59. The summed E-state index contributed by atoms with van der Waals surface area (Å²) in [5.74, 6) is -6.57. The Bertz CT molecular complexity index is 760. The molecule has 0 heterocycles. The van der Waals surface area contributed by atoms with Gasteiger partial charge < -0.3 is 21.7 Å². The molecule has 0 fully saturated rings. The molecule has 2 aromatic carbocycles. The third kappa shape index (κ3) is 2.81. The fraction of sp³-hybridized carbons (Fsp3) is 0.143. The van der Waals surface area contributed by atoms with E-state index in [1.807, 2.05) is 0 Å². The van der Waals surface area contributed by atoms with Gasteiger partial charge in [-0.15, -0.1) is 0 Å². The van der Waals surface area contributed by atoms with Crippen molar-refractivity contribution in [2.45, 2.75) is 12.1 Å². The van der Waals surface area contributed by atoms with Gasteiger partial charge >= 0.3 is 12.1 Å². The van der Waals surface area contributed by atoms with Gasteiger partial charge in [-0.3, -0.25) is 0 Å². The molecule has 23 heavy (non-hydrogen) atoms. The summed E-state index contributed by atoms with van der Waals surface area (Å²) in [5, 5.41) is 19.1. The Labute approximate surface area is 126 Å². The predicted molar refractivity (Wildman–Crippen MR) is 74.0 cm³/mol. The third-order valence-electron chi connectivity index (χ3n) is 3.22. The number of hydrogen-bond donors (Lipinski definition) is 4. The molecule has 124 valence electrons. The van der Waals surface area contributed by atoms with Crippen LogP contribution in [0.4, 0.5) is 33.3 Å². The average Bonchev–Trinajstić information content (AvgIpc) is 2.43. The summed E-state index contributed by atoms with van der Waals surface area (Å²) in [4.78, 5) is 0. The molecule has 0 aliphatic carbocycles. The van der Waals surface area contributed by atoms with Gasteiger partial charge in [0.25, 0.3) is 0 Å². The number of anilines is 2. The molecule has 2 aromatic rings. The summed E-state index contributed by atoms with van der Waals surface area (Å²) in [7, 11) is 0. The highest BCUT2D eigenvalue weighted by Crippen LogP contribution is 2.49. The molecule has 0 aliphatic rings. The van der Waals surface area contributed by atoms with Crippen LogP contribution in [0.15, 0.2) is 30.3 Å². The van der Waals surface area contributed by atoms with Crippen LogP contribution in [0.1, 0.15) is 5.56 Å². The molecule has 2 rings (SSSR count). The van der Waals surface area contributed by atoms with Crippen molar-refractivity contribution in [1.82, 2.24) is 0 Å². The molecule has 0 bridgehead atoms. The van der Waals surface area contributed by atoms with E-state index in [0.717, 1.165) is 12.1 Å². The monoisotopic (exact) mass is 334 g/mol. The second-order valence-corrected chi connectivity index (χ2v) is 4.80. The topological polar surface area (TPSA) is 92.5 Å². The van der Waals surface area contributed by atoms with Crippen molar-refractivity contribution in [2.75, 3.05) is 11.5 Å². The first kappa shape index (κ1) is 16.7. The van der Waals surface area contributed by atoms with Crippen LogP contribution >= 0.6 is 0 Å². The van der Waals surface area contributed by atoms with Crippen molar-refractivity contribution in [3.05, 3.63) is 35.9 Å².